The molecule has 0 aromatic carbocycles. The van der Waals surface area contributed by atoms with Crippen LogP contribution in [0, 0.1) is 5.92 Å². The Balaban J connectivity index is 2.43. The molecule has 0 aliphatic carbocycles. The molecule has 0 spiro atoms. The molecule has 86 valence electrons. The van der Waals surface area contributed by atoms with Crippen molar-refractivity contribution in [1.82, 2.24) is 10.6 Å². The van der Waals surface area contributed by atoms with Crippen molar-refractivity contribution < 1.29 is 14.7 Å². The van der Waals surface area contributed by atoms with E-state index in [4.69, 9.17) is 5.73 Å². The molecule has 0 saturated carbocycles. The Hall–Kier alpha value is -1.14. The van der Waals surface area contributed by atoms with Crippen molar-refractivity contribution in [2.45, 2.75) is 25.0 Å². The van der Waals surface area contributed by atoms with Gasteiger partial charge in [0, 0.05) is 25.6 Å². The summed E-state index contributed by atoms with van der Waals surface area (Å²) in [5, 5.41) is 14.5. The molecule has 1 heterocycles. The van der Waals surface area contributed by atoms with Crippen molar-refractivity contribution >= 4 is 11.8 Å². The van der Waals surface area contributed by atoms with Gasteiger partial charge in [0.25, 0.3) is 0 Å². The minimum absolute atomic E-state index is 0.0467. The SMILES string of the molecule is CNC(=O)C(O)[C@@H](N)C[C@@H]1CCNC1=O. The number of hydrogen-bond acceptors (Lipinski definition) is 4. The number of likely N-dealkylation sites (N-methyl/N-ethyl adjacent to an activating group) is 1. The Bertz CT molecular complexity index is 257. The van der Waals surface area contributed by atoms with Gasteiger partial charge in [-0.25, -0.2) is 0 Å². The molecule has 2 amide bonds. The fraction of sp³-hybridized carbons (Fsp3) is 0.778. The second-order valence-electron chi connectivity index (χ2n) is 3.74. The van der Waals surface area contributed by atoms with Crippen molar-refractivity contribution in [2.24, 2.45) is 11.7 Å². The van der Waals surface area contributed by atoms with Gasteiger partial charge in [-0.1, -0.05) is 0 Å². The zero-order chi connectivity index (χ0) is 11.4. The summed E-state index contributed by atoms with van der Waals surface area (Å²) in [6.07, 6.45) is -0.198. The molecule has 1 rings (SSSR count). The van der Waals surface area contributed by atoms with Crippen molar-refractivity contribution in [3.8, 4) is 0 Å². The van der Waals surface area contributed by atoms with Crippen LogP contribution in [0.3, 0.4) is 0 Å². The molecule has 1 aliphatic rings. The number of carbonyl (C=O) groups excluding carboxylic acids is 2. The molecular formula is C9H17N3O3. The quantitative estimate of drug-likeness (QED) is 0.433. The van der Waals surface area contributed by atoms with Gasteiger partial charge < -0.3 is 21.5 Å². The summed E-state index contributed by atoms with van der Waals surface area (Å²) in [7, 11) is 1.43. The van der Waals surface area contributed by atoms with Crippen molar-refractivity contribution in [3.05, 3.63) is 0 Å². The molecule has 6 nitrogen and oxygen atoms in total. The summed E-state index contributed by atoms with van der Waals surface area (Å²) in [5.74, 6) is -0.741. The highest BCUT2D eigenvalue weighted by molar-refractivity contribution is 5.82. The lowest BCUT2D eigenvalue weighted by molar-refractivity contribution is -0.131. The molecule has 3 atom stereocenters. The molecule has 1 aliphatic heterocycles. The smallest absolute Gasteiger partial charge is 0.250 e. The molecule has 15 heavy (non-hydrogen) atoms. The third-order valence-electron chi connectivity index (χ3n) is 2.64. The van der Waals surface area contributed by atoms with Crippen LogP contribution in [-0.2, 0) is 9.59 Å². The number of rotatable bonds is 4. The van der Waals surface area contributed by atoms with Crippen LogP contribution >= 0.6 is 0 Å². The van der Waals surface area contributed by atoms with Crippen LogP contribution in [0.5, 0.6) is 0 Å². The number of nitrogens with two attached hydrogens (primary N) is 1. The molecule has 1 fully saturated rings. The molecule has 1 saturated heterocycles. The Labute approximate surface area is 88.2 Å². The summed E-state index contributed by atoms with van der Waals surface area (Å²) in [4.78, 5) is 22.3. The molecule has 6 heteroatoms. The molecule has 0 radical (unpaired) electrons. The Morgan fingerprint density at radius 1 is 1.80 bits per heavy atom. The number of aliphatic hydroxyl groups is 1. The maximum atomic E-state index is 11.2. The first kappa shape index (κ1) is 11.9. The Morgan fingerprint density at radius 3 is 2.93 bits per heavy atom. The summed E-state index contributed by atoms with van der Waals surface area (Å²) in [6, 6.07) is -0.696. The highest BCUT2D eigenvalue weighted by Gasteiger charge is 2.30. The van der Waals surface area contributed by atoms with Crippen molar-refractivity contribution in [1.29, 1.82) is 0 Å². The van der Waals surface area contributed by atoms with E-state index in [1.807, 2.05) is 0 Å². The molecule has 1 unspecified atom stereocenters. The van der Waals surface area contributed by atoms with Crippen LogP contribution < -0.4 is 16.4 Å². The van der Waals surface area contributed by atoms with Gasteiger partial charge in [-0.3, -0.25) is 9.59 Å². The average molecular weight is 215 g/mol. The lowest BCUT2D eigenvalue weighted by atomic mass is 9.95. The molecular weight excluding hydrogens is 198 g/mol. The van der Waals surface area contributed by atoms with E-state index >= 15 is 0 Å². The van der Waals surface area contributed by atoms with E-state index in [9.17, 15) is 14.7 Å². The first-order valence-electron chi connectivity index (χ1n) is 4.99. The van der Waals surface area contributed by atoms with E-state index in [1.165, 1.54) is 7.05 Å². The Morgan fingerprint density at radius 2 is 2.47 bits per heavy atom. The van der Waals surface area contributed by atoms with Gasteiger partial charge in [0.05, 0.1) is 0 Å². The van der Waals surface area contributed by atoms with E-state index in [2.05, 4.69) is 10.6 Å². The third kappa shape index (κ3) is 2.90. The highest BCUT2D eigenvalue weighted by atomic mass is 16.3. The first-order chi connectivity index (χ1) is 7.06. The van der Waals surface area contributed by atoms with Gasteiger partial charge in [-0.15, -0.1) is 0 Å². The topological polar surface area (TPSA) is 104 Å². The first-order valence-corrected chi connectivity index (χ1v) is 4.99. The summed E-state index contributed by atoms with van der Waals surface area (Å²) in [5.41, 5.74) is 5.64. The molecule has 5 N–H and O–H groups in total. The second kappa shape index (κ2) is 5.09. The van der Waals surface area contributed by atoms with Crippen LogP contribution in [0.2, 0.25) is 0 Å². The van der Waals surface area contributed by atoms with Crippen LogP contribution in [0.4, 0.5) is 0 Å². The maximum Gasteiger partial charge on any atom is 0.250 e. The van der Waals surface area contributed by atoms with E-state index in [-0.39, 0.29) is 11.8 Å². The molecule has 0 bridgehead atoms. The minimum atomic E-state index is -1.25. The molecule has 0 aromatic heterocycles. The van der Waals surface area contributed by atoms with Gasteiger partial charge in [0.1, 0.15) is 6.10 Å². The monoisotopic (exact) mass is 215 g/mol. The maximum absolute atomic E-state index is 11.2. The van der Waals surface area contributed by atoms with E-state index in [1.54, 1.807) is 0 Å². The van der Waals surface area contributed by atoms with Crippen LogP contribution in [-0.4, -0.2) is 42.7 Å². The van der Waals surface area contributed by atoms with E-state index in [0.29, 0.717) is 19.4 Å². The zero-order valence-corrected chi connectivity index (χ0v) is 8.69. The standard InChI is InChI=1S/C9H17N3O3/c1-11-9(15)7(13)6(10)4-5-2-3-12-8(5)14/h5-7,13H,2-4,10H2,1H3,(H,11,15)(H,12,14)/t5-,6-,7?/m0/s1. The summed E-state index contributed by atoms with van der Waals surface area (Å²) in [6.45, 7) is 0.645. The number of aliphatic hydroxyl groups excluding tert-OH is 1. The Kier molecular flexibility index (Phi) is 4.05. The van der Waals surface area contributed by atoms with Crippen LogP contribution in [0.25, 0.3) is 0 Å². The number of amides is 2. The number of nitrogens with one attached hydrogen (secondary N) is 2. The predicted octanol–water partition coefficient (Wildman–Crippen LogP) is -2.05. The third-order valence-corrected chi connectivity index (χ3v) is 2.64. The number of hydrogen-bond donors (Lipinski definition) is 4. The minimum Gasteiger partial charge on any atom is -0.382 e. The summed E-state index contributed by atoms with van der Waals surface area (Å²) < 4.78 is 0. The van der Waals surface area contributed by atoms with Gasteiger partial charge in [-0.05, 0) is 12.8 Å². The average Bonchev–Trinajstić information content (AvgIpc) is 2.62. The normalized spacial score (nSPS) is 24.5. The van der Waals surface area contributed by atoms with E-state index in [0.717, 1.165) is 0 Å². The zero-order valence-electron chi connectivity index (χ0n) is 8.69. The fourth-order valence-electron chi connectivity index (χ4n) is 1.67. The van der Waals surface area contributed by atoms with Crippen LogP contribution in [0.15, 0.2) is 0 Å². The predicted molar refractivity (Wildman–Crippen MR) is 53.8 cm³/mol. The largest absolute Gasteiger partial charge is 0.382 e. The lowest BCUT2D eigenvalue weighted by Crippen LogP contribution is -2.46. The van der Waals surface area contributed by atoms with Gasteiger partial charge in [0.2, 0.25) is 11.8 Å². The van der Waals surface area contributed by atoms with Gasteiger partial charge in [-0.2, -0.15) is 0 Å². The van der Waals surface area contributed by atoms with Gasteiger partial charge >= 0.3 is 0 Å². The van der Waals surface area contributed by atoms with Crippen LogP contribution in [0.1, 0.15) is 12.8 Å². The van der Waals surface area contributed by atoms with Gasteiger partial charge in [0.15, 0.2) is 0 Å². The molecule has 0 aromatic rings. The van der Waals surface area contributed by atoms with Crippen molar-refractivity contribution in [2.75, 3.05) is 13.6 Å². The summed E-state index contributed by atoms with van der Waals surface area (Å²) >= 11 is 0. The van der Waals surface area contributed by atoms with E-state index < -0.39 is 18.1 Å². The second-order valence-corrected chi connectivity index (χ2v) is 3.74. The van der Waals surface area contributed by atoms with Crippen molar-refractivity contribution in [3.63, 3.8) is 0 Å². The number of carbonyl (C=O) groups is 2. The lowest BCUT2D eigenvalue weighted by Gasteiger charge is -2.19. The highest BCUT2D eigenvalue weighted by Crippen LogP contribution is 2.16. The fourth-order valence-corrected chi connectivity index (χ4v) is 1.67.